The van der Waals surface area contributed by atoms with E-state index < -0.39 is 0 Å². The highest BCUT2D eigenvalue weighted by Gasteiger charge is 2.32. The van der Waals surface area contributed by atoms with Crippen LogP contribution in [0.1, 0.15) is 57.9 Å². The Morgan fingerprint density at radius 3 is 2.45 bits per heavy atom. The van der Waals surface area contributed by atoms with Crippen molar-refractivity contribution in [2.24, 2.45) is 5.92 Å². The van der Waals surface area contributed by atoms with Gasteiger partial charge in [0, 0.05) is 12.0 Å². The second-order valence-electron chi connectivity index (χ2n) is 6.73. The maximum atomic E-state index is 13.6. The van der Waals surface area contributed by atoms with Crippen molar-refractivity contribution in [3.05, 3.63) is 35.6 Å². The molecule has 20 heavy (non-hydrogen) atoms. The molecule has 0 saturated heterocycles. The van der Waals surface area contributed by atoms with Crippen molar-refractivity contribution in [3.63, 3.8) is 0 Å². The SMILES string of the molecule is CC(C)CNCC1(c2cccc(F)c2)CCCCCC1. The maximum absolute atomic E-state index is 13.6. The van der Waals surface area contributed by atoms with E-state index in [4.69, 9.17) is 0 Å². The van der Waals surface area contributed by atoms with E-state index in [0.717, 1.165) is 13.1 Å². The van der Waals surface area contributed by atoms with E-state index in [9.17, 15) is 4.39 Å². The van der Waals surface area contributed by atoms with Gasteiger partial charge in [-0.3, -0.25) is 0 Å². The average Bonchev–Trinajstić information content (AvgIpc) is 2.65. The Labute approximate surface area is 123 Å². The number of nitrogens with one attached hydrogen (secondary N) is 1. The van der Waals surface area contributed by atoms with Crippen LogP contribution in [0.3, 0.4) is 0 Å². The summed E-state index contributed by atoms with van der Waals surface area (Å²) in [5.74, 6) is 0.556. The minimum Gasteiger partial charge on any atom is -0.316 e. The lowest BCUT2D eigenvalue weighted by Gasteiger charge is -2.34. The van der Waals surface area contributed by atoms with Crippen LogP contribution in [0.5, 0.6) is 0 Å². The molecule has 0 aliphatic heterocycles. The van der Waals surface area contributed by atoms with E-state index in [2.05, 4.69) is 25.2 Å². The van der Waals surface area contributed by atoms with Crippen LogP contribution < -0.4 is 5.32 Å². The molecule has 1 N–H and O–H groups in total. The van der Waals surface area contributed by atoms with Crippen LogP contribution in [-0.4, -0.2) is 13.1 Å². The van der Waals surface area contributed by atoms with Crippen LogP contribution in [0.25, 0.3) is 0 Å². The van der Waals surface area contributed by atoms with Crippen LogP contribution in [0.15, 0.2) is 24.3 Å². The molecule has 0 bridgehead atoms. The first kappa shape index (κ1) is 15.5. The highest BCUT2D eigenvalue weighted by molar-refractivity contribution is 5.27. The lowest BCUT2D eigenvalue weighted by molar-refractivity contribution is 0.338. The Balaban J connectivity index is 2.18. The average molecular weight is 277 g/mol. The largest absolute Gasteiger partial charge is 0.316 e. The first-order chi connectivity index (χ1) is 9.62. The van der Waals surface area contributed by atoms with E-state index in [1.807, 2.05) is 6.07 Å². The van der Waals surface area contributed by atoms with Gasteiger partial charge < -0.3 is 5.32 Å². The second-order valence-corrected chi connectivity index (χ2v) is 6.73. The fourth-order valence-electron chi connectivity index (χ4n) is 3.39. The van der Waals surface area contributed by atoms with Gasteiger partial charge in [0.1, 0.15) is 5.82 Å². The molecule has 0 atom stereocenters. The van der Waals surface area contributed by atoms with Crippen LogP contribution in [-0.2, 0) is 5.41 Å². The molecule has 1 aliphatic carbocycles. The predicted molar refractivity (Wildman–Crippen MR) is 83.5 cm³/mol. The number of hydrogen-bond donors (Lipinski definition) is 1. The van der Waals surface area contributed by atoms with Gasteiger partial charge in [-0.1, -0.05) is 51.7 Å². The minimum absolute atomic E-state index is 0.102. The summed E-state index contributed by atoms with van der Waals surface area (Å²) in [6, 6.07) is 7.28. The van der Waals surface area contributed by atoms with E-state index in [0.29, 0.717) is 5.92 Å². The van der Waals surface area contributed by atoms with Gasteiger partial charge in [-0.25, -0.2) is 4.39 Å². The van der Waals surface area contributed by atoms with E-state index in [-0.39, 0.29) is 11.2 Å². The maximum Gasteiger partial charge on any atom is 0.123 e. The number of hydrogen-bond acceptors (Lipinski definition) is 1. The monoisotopic (exact) mass is 277 g/mol. The van der Waals surface area contributed by atoms with E-state index >= 15 is 0 Å². The van der Waals surface area contributed by atoms with Crippen molar-refractivity contribution in [2.45, 2.75) is 57.8 Å². The number of benzene rings is 1. The van der Waals surface area contributed by atoms with Gasteiger partial charge in [0.05, 0.1) is 0 Å². The summed E-state index contributed by atoms with van der Waals surface area (Å²) in [5.41, 5.74) is 1.32. The lowest BCUT2D eigenvalue weighted by atomic mass is 9.74. The molecule has 1 aliphatic rings. The molecule has 112 valence electrons. The van der Waals surface area contributed by atoms with E-state index in [1.165, 1.54) is 44.1 Å². The first-order valence-corrected chi connectivity index (χ1v) is 8.09. The Morgan fingerprint density at radius 2 is 1.85 bits per heavy atom. The third kappa shape index (κ3) is 4.05. The topological polar surface area (TPSA) is 12.0 Å². The molecule has 1 saturated carbocycles. The lowest BCUT2D eigenvalue weighted by Crippen LogP contribution is -2.39. The molecule has 1 fully saturated rings. The van der Waals surface area contributed by atoms with Gasteiger partial charge >= 0.3 is 0 Å². The summed E-state index contributed by atoms with van der Waals surface area (Å²) >= 11 is 0. The Kier molecular flexibility index (Phi) is 5.59. The quantitative estimate of drug-likeness (QED) is 0.772. The minimum atomic E-state index is -0.102. The fraction of sp³-hybridized carbons (Fsp3) is 0.667. The van der Waals surface area contributed by atoms with Gasteiger partial charge in [-0.15, -0.1) is 0 Å². The van der Waals surface area contributed by atoms with Crippen molar-refractivity contribution in [2.75, 3.05) is 13.1 Å². The van der Waals surface area contributed by atoms with Gasteiger partial charge in [0.15, 0.2) is 0 Å². The smallest absolute Gasteiger partial charge is 0.123 e. The zero-order valence-corrected chi connectivity index (χ0v) is 12.9. The summed E-state index contributed by atoms with van der Waals surface area (Å²) in [6.45, 7) is 6.48. The Morgan fingerprint density at radius 1 is 1.15 bits per heavy atom. The molecule has 0 unspecified atom stereocenters. The molecule has 2 heteroatoms. The molecule has 0 amide bonds. The van der Waals surface area contributed by atoms with E-state index in [1.54, 1.807) is 12.1 Å². The zero-order chi connectivity index (χ0) is 14.4. The molecule has 0 radical (unpaired) electrons. The van der Waals surface area contributed by atoms with Crippen LogP contribution >= 0.6 is 0 Å². The molecular formula is C18H28FN. The summed E-state index contributed by atoms with van der Waals surface area (Å²) in [7, 11) is 0. The summed E-state index contributed by atoms with van der Waals surface area (Å²) in [4.78, 5) is 0. The third-order valence-electron chi connectivity index (χ3n) is 4.51. The molecule has 1 aromatic rings. The zero-order valence-electron chi connectivity index (χ0n) is 12.9. The number of rotatable bonds is 5. The molecule has 0 aromatic heterocycles. The normalized spacial score (nSPS) is 19.0. The number of halogens is 1. The van der Waals surface area contributed by atoms with Crippen molar-refractivity contribution >= 4 is 0 Å². The Bertz CT molecular complexity index is 406. The summed E-state index contributed by atoms with van der Waals surface area (Å²) in [6.07, 6.45) is 7.53. The predicted octanol–water partition coefficient (Wildman–Crippen LogP) is 4.66. The third-order valence-corrected chi connectivity index (χ3v) is 4.51. The van der Waals surface area contributed by atoms with Gasteiger partial charge in [0.2, 0.25) is 0 Å². The van der Waals surface area contributed by atoms with Crippen molar-refractivity contribution in [1.82, 2.24) is 5.32 Å². The van der Waals surface area contributed by atoms with Crippen LogP contribution in [0.4, 0.5) is 4.39 Å². The highest BCUT2D eigenvalue weighted by Crippen LogP contribution is 2.38. The van der Waals surface area contributed by atoms with Crippen LogP contribution in [0, 0.1) is 11.7 Å². The van der Waals surface area contributed by atoms with Crippen molar-refractivity contribution in [3.8, 4) is 0 Å². The molecule has 0 heterocycles. The molecular weight excluding hydrogens is 249 g/mol. The Hall–Kier alpha value is -0.890. The summed E-state index contributed by atoms with van der Waals surface area (Å²) < 4.78 is 13.6. The van der Waals surface area contributed by atoms with Gasteiger partial charge in [-0.2, -0.15) is 0 Å². The van der Waals surface area contributed by atoms with Crippen LogP contribution in [0.2, 0.25) is 0 Å². The van der Waals surface area contributed by atoms with Gasteiger partial charge in [0.25, 0.3) is 0 Å². The molecule has 1 aromatic carbocycles. The molecule has 1 nitrogen and oxygen atoms in total. The van der Waals surface area contributed by atoms with Crippen molar-refractivity contribution in [1.29, 1.82) is 0 Å². The first-order valence-electron chi connectivity index (χ1n) is 8.09. The fourth-order valence-corrected chi connectivity index (χ4v) is 3.39. The highest BCUT2D eigenvalue weighted by atomic mass is 19.1. The standard InChI is InChI=1S/C18H28FN/c1-15(2)13-20-14-18(10-5-3-4-6-11-18)16-8-7-9-17(19)12-16/h7-9,12,15,20H,3-6,10-11,13-14H2,1-2H3. The molecule has 0 spiro atoms. The van der Waals surface area contributed by atoms with Gasteiger partial charge in [-0.05, 0) is 43.0 Å². The van der Waals surface area contributed by atoms with Crippen molar-refractivity contribution < 1.29 is 4.39 Å². The summed E-state index contributed by atoms with van der Waals surface area (Å²) in [5, 5.41) is 3.62. The second kappa shape index (κ2) is 7.21. The molecule has 2 rings (SSSR count).